The fraction of sp³-hybridized carbons (Fsp3) is 0.208. The van der Waals surface area contributed by atoms with Crippen LogP contribution in [0.1, 0.15) is 21.5 Å². The van der Waals surface area contributed by atoms with Crippen LogP contribution in [0.15, 0.2) is 48.5 Å². The van der Waals surface area contributed by atoms with E-state index in [2.05, 4.69) is 0 Å². The number of amides is 1. The van der Waals surface area contributed by atoms with E-state index in [4.69, 9.17) is 14.2 Å². The second-order valence-electron chi connectivity index (χ2n) is 7.75. The van der Waals surface area contributed by atoms with Crippen molar-refractivity contribution < 1.29 is 41.0 Å². The van der Waals surface area contributed by atoms with Crippen molar-refractivity contribution in [3.05, 3.63) is 94.3 Å². The largest absolute Gasteiger partial charge is 0.440 e. The van der Waals surface area contributed by atoms with Gasteiger partial charge in [-0.1, -0.05) is 0 Å². The van der Waals surface area contributed by atoms with E-state index in [1.807, 2.05) is 0 Å². The van der Waals surface area contributed by atoms with Gasteiger partial charge in [0.15, 0.2) is 11.5 Å². The molecular formula is C24H16F5NO4. The molecule has 2 aliphatic rings. The van der Waals surface area contributed by atoms with Crippen LogP contribution >= 0.6 is 0 Å². The molecule has 0 spiro atoms. The molecule has 0 unspecified atom stereocenters. The molecule has 0 aromatic heterocycles. The Morgan fingerprint density at radius 2 is 1.26 bits per heavy atom. The van der Waals surface area contributed by atoms with Gasteiger partial charge >= 0.3 is 5.79 Å². The quantitative estimate of drug-likeness (QED) is 0.521. The lowest BCUT2D eigenvalue weighted by atomic mass is 9.95. The van der Waals surface area contributed by atoms with Crippen molar-refractivity contribution in [2.24, 2.45) is 0 Å². The van der Waals surface area contributed by atoms with Gasteiger partial charge in [0.2, 0.25) is 0 Å². The van der Waals surface area contributed by atoms with Crippen molar-refractivity contribution in [1.29, 1.82) is 0 Å². The molecule has 0 aliphatic carbocycles. The van der Waals surface area contributed by atoms with Crippen molar-refractivity contribution in [2.45, 2.75) is 5.79 Å². The average molecular weight is 477 g/mol. The summed E-state index contributed by atoms with van der Waals surface area (Å²) in [5.41, 5.74) is -1.57. The molecule has 5 rings (SSSR count). The first kappa shape index (κ1) is 22.1. The monoisotopic (exact) mass is 477 g/mol. The molecule has 3 aromatic carbocycles. The molecule has 1 fully saturated rings. The Morgan fingerprint density at radius 3 is 1.82 bits per heavy atom. The van der Waals surface area contributed by atoms with Crippen molar-refractivity contribution in [2.75, 3.05) is 26.3 Å². The molecule has 5 nitrogen and oxygen atoms in total. The summed E-state index contributed by atoms with van der Waals surface area (Å²) >= 11 is 0. The molecule has 0 bridgehead atoms. The summed E-state index contributed by atoms with van der Waals surface area (Å²) in [4.78, 5) is 14.2. The van der Waals surface area contributed by atoms with Gasteiger partial charge in [-0.2, -0.15) is 0 Å². The minimum atomic E-state index is -2.52. The van der Waals surface area contributed by atoms with Gasteiger partial charge in [0.05, 0.1) is 29.9 Å². The van der Waals surface area contributed by atoms with Crippen molar-refractivity contribution in [3.63, 3.8) is 0 Å². The predicted molar refractivity (Wildman–Crippen MR) is 108 cm³/mol. The van der Waals surface area contributed by atoms with Gasteiger partial charge < -0.3 is 19.1 Å². The van der Waals surface area contributed by atoms with Gasteiger partial charge in [-0.25, -0.2) is 22.0 Å². The minimum absolute atomic E-state index is 0.231. The zero-order chi connectivity index (χ0) is 24.0. The van der Waals surface area contributed by atoms with E-state index in [9.17, 15) is 26.7 Å². The van der Waals surface area contributed by atoms with Gasteiger partial charge in [-0.3, -0.25) is 4.79 Å². The molecular weight excluding hydrogens is 461 g/mol. The predicted octanol–water partition coefficient (Wildman–Crippen LogP) is 4.53. The summed E-state index contributed by atoms with van der Waals surface area (Å²) in [6, 6.07) is 6.49. The first-order valence-corrected chi connectivity index (χ1v) is 10.3. The maximum Gasteiger partial charge on any atom is 0.311 e. The minimum Gasteiger partial charge on any atom is -0.440 e. The summed E-state index contributed by atoms with van der Waals surface area (Å²) in [7, 11) is 0. The zero-order valence-electron chi connectivity index (χ0n) is 17.4. The van der Waals surface area contributed by atoms with Crippen LogP contribution in [0.4, 0.5) is 22.0 Å². The van der Waals surface area contributed by atoms with E-state index in [1.165, 1.54) is 4.90 Å². The smallest absolute Gasteiger partial charge is 0.311 e. The number of benzene rings is 3. The summed E-state index contributed by atoms with van der Waals surface area (Å²) in [5, 5.41) is 0. The van der Waals surface area contributed by atoms with Crippen LogP contribution in [0, 0.1) is 29.1 Å². The number of nitrogens with zero attached hydrogens (tertiary/aromatic N) is 1. The van der Waals surface area contributed by atoms with E-state index < -0.39 is 51.9 Å². The highest BCUT2D eigenvalue weighted by Gasteiger charge is 2.50. The average Bonchev–Trinajstić information content (AvgIpc) is 3.20. The molecule has 0 atom stereocenters. The Balaban J connectivity index is 1.64. The number of fused-ring (bicyclic) bond motifs is 1. The van der Waals surface area contributed by atoms with Crippen molar-refractivity contribution >= 4 is 5.91 Å². The fourth-order valence-corrected chi connectivity index (χ4v) is 3.99. The Labute approximate surface area is 190 Å². The Kier molecular flexibility index (Phi) is 5.40. The van der Waals surface area contributed by atoms with Crippen LogP contribution in [-0.4, -0.2) is 37.1 Å². The number of morpholine rings is 1. The lowest BCUT2D eigenvalue weighted by molar-refractivity contribution is -0.0520. The summed E-state index contributed by atoms with van der Waals surface area (Å²) < 4.78 is 89.4. The van der Waals surface area contributed by atoms with Crippen LogP contribution < -0.4 is 9.47 Å². The van der Waals surface area contributed by atoms with Crippen LogP contribution in [0.3, 0.4) is 0 Å². The normalized spacial score (nSPS) is 16.6. The first-order chi connectivity index (χ1) is 16.3. The summed E-state index contributed by atoms with van der Waals surface area (Å²) in [6.07, 6.45) is 0. The molecule has 34 heavy (non-hydrogen) atoms. The number of halogens is 5. The second-order valence-corrected chi connectivity index (χ2v) is 7.75. The molecule has 176 valence electrons. The topological polar surface area (TPSA) is 48.0 Å². The van der Waals surface area contributed by atoms with Gasteiger partial charge in [0, 0.05) is 19.2 Å². The molecule has 3 aromatic rings. The third-order valence-electron chi connectivity index (χ3n) is 5.64. The maximum absolute atomic E-state index is 14.9. The zero-order valence-corrected chi connectivity index (χ0v) is 17.4. The highest BCUT2D eigenvalue weighted by molar-refractivity contribution is 5.95. The SMILES string of the molecule is O=C(c1cc2c(cc1F)OC(c1cc(F)ccc1F)(c1cc(F)ccc1F)O2)N1CCOCC1. The number of rotatable bonds is 3. The van der Waals surface area contributed by atoms with Gasteiger partial charge in [-0.15, -0.1) is 0 Å². The standard InChI is InChI=1S/C24H16F5NO4/c25-13-1-3-18(27)16(9-13)24(17-10-14(26)2-4-19(17)28)33-21-11-15(20(29)12-22(21)34-24)23(31)30-5-7-32-8-6-30/h1-4,9-12H,5-8H2. The Morgan fingerprint density at radius 1 is 0.735 bits per heavy atom. The third-order valence-corrected chi connectivity index (χ3v) is 5.64. The third kappa shape index (κ3) is 3.63. The second kappa shape index (κ2) is 8.28. The van der Waals surface area contributed by atoms with Crippen LogP contribution in [0.25, 0.3) is 0 Å². The Bertz CT molecular complexity index is 1240. The highest BCUT2D eigenvalue weighted by Crippen LogP contribution is 2.50. The van der Waals surface area contributed by atoms with E-state index >= 15 is 0 Å². The van der Waals surface area contributed by atoms with Crippen LogP contribution in [-0.2, 0) is 10.5 Å². The number of hydrogen-bond acceptors (Lipinski definition) is 4. The summed E-state index contributed by atoms with van der Waals surface area (Å²) in [6.45, 7) is 1.08. The molecule has 1 saturated heterocycles. The van der Waals surface area contributed by atoms with E-state index in [0.717, 1.165) is 36.4 Å². The molecule has 2 aliphatic heterocycles. The molecule has 0 saturated carbocycles. The fourth-order valence-electron chi connectivity index (χ4n) is 3.99. The molecule has 1 amide bonds. The van der Waals surface area contributed by atoms with Gasteiger partial charge in [0.1, 0.15) is 29.1 Å². The van der Waals surface area contributed by atoms with Crippen LogP contribution in [0.2, 0.25) is 0 Å². The molecule has 2 heterocycles. The van der Waals surface area contributed by atoms with Gasteiger partial charge in [0.25, 0.3) is 5.91 Å². The van der Waals surface area contributed by atoms with Crippen molar-refractivity contribution in [3.8, 4) is 11.5 Å². The Hall–Kier alpha value is -3.66. The first-order valence-electron chi connectivity index (χ1n) is 10.3. The maximum atomic E-state index is 14.9. The van der Waals surface area contributed by atoms with E-state index in [0.29, 0.717) is 25.3 Å². The van der Waals surface area contributed by atoms with Gasteiger partial charge in [-0.05, 0) is 42.5 Å². The summed E-state index contributed by atoms with van der Waals surface area (Å²) in [5.74, 6) is -8.53. The highest BCUT2D eigenvalue weighted by atomic mass is 19.1. The lowest BCUT2D eigenvalue weighted by Gasteiger charge is -2.29. The number of ether oxygens (including phenoxy) is 3. The molecule has 0 radical (unpaired) electrons. The van der Waals surface area contributed by atoms with Crippen molar-refractivity contribution in [1.82, 2.24) is 4.90 Å². The molecule has 0 N–H and O–H groups in total. The number of hydrogen-bond donors (Lipinski definition) is 0. The van der Waals surface area contributed by atoms with Crippen LogP contribution in [0.5, 0.6) is 11.5 Å². The molecule has 10 heteroatoms. The van der Waals surface area contributed by atoms with E-state index in [-0.39, 0.29) is 30.2 Å². The lowest BCUT2D eigenvalue weighted by Crippen LogP contribution is -2.41. The number of carbonyl (C=O) groups excluding carboxylic acids is 1. The van der Waals surface area contributed by atoms with E-state index in [1.54, 1.807) is 0 Å². The number of carbonyl (C=O) groups is 1.